The van der Waals surface area contributed by atoms with Gasteiger partial charge in [0.25, 0.3) is 0 Å². The van der Waals surface area contributed by atoms with E-state index in [4.69, 9.17) is 25.8 Å². The number of benzene rings is 1. The molecule has 0 spiro atoms. The number of nitrogens with one attached hydrogen (secondary N) is 1. The van der Waals surface area contributed by atoms with Gasteiger partial charge in [0.2, 0.25) is 0 Å². The standard InChI is InChI=1S/C16H26ClNO3/c1-16(2,3)21-11-10-20-15-7-5-6-14(17)13(15)12-18-8-9-19-4/h5-7,18H,8-12H2,1-4H3. The first-order chi connectivity index (χ1) is 9.94. The first-order valence-electron chi connectivity index (χ1n) is 7.18. The number of hydrogen-bond acceptors (Lipinski definition) is 4. The van der Waals surface area contributed by atoms with E-state index in [-0.39, 0.29) is 5.60 Å². The maximum absolute atomic E-state index is 6.25. The van der Waals surface area contributed by atoms with Gasteiger partial charge in [-0.15, -0.1) is 0 Å². The second-order valence-electron chi connectivity index (χ2n) is 5.70. The van der Waals surface area contributed by atoms with Crippen LogP contribution in [-0.2, 0) is 16.0 Å². The third-order valence-electron chi connectivity index (χ3n) is 2.74. The predicted octanol–water partition coefficient (Wildman–Crippen LogP) is 3.27. The molecule has 0 fully saturated rings. The van der Waals surface area contributed by atoms with Crippen LogP contribution < -0.4 is 10.1 Å². The van der Waals surface area contributed by atoms with E-state index in [0.717, 1.165) is 17.9 Å². The van der Waals surface area contributed by atoms with Gasteiger partial charge < -0.3 is 19.5 Å². The summed E-state index contributed by atoms with van der Waals surface area (Å²) in [7, 11) is 1.68. The summed E-state index contributed by atoms with van der Waals surface area (Å²) in [5.41, 5.74) is 0.813. The fourth-order valence-corrected chi connectivity index (χ4v) is 1.97. The van der Waals surface area contributed by atoms with Crippen molar-refractivity contribution in [1.29, 1.82) is 0 Å². The van der Waals surface area contributed by atoms with Crippen LogP contribution in [0.4, 0.5) is 0 Å². The summed E-state index contributed by atoms with van der Waals surface area (Å²) in [6.07, 6.45) is 0. The van der Waals surface area contributed by atoms with Gasteiger partial charge in [-0.2, -0.15) is 0 Å². The van der Waals surface area contributed by atoms with Gasteiger partial charge in [0.15, 0.2) is 0 Å². The summed E-state index contributed by atoms with van der Waals surface area (Å²) in [5.74, 6) is 0.796. The zero-order valence-corrected chi connectivity index (χ0v) is 14.1. The van der Waals surface area contributed by atoms with Gasteiger partial charge in [-0.1, -0.05) is 17.7 Å². The molecular formula is C16H26ClNO3. The molecule has 0 saturated heterocycles. The van der Waals surface area contributed by atoms with E-state index < -0.39 is 0 Å². The van der Waals surface area contributed by atoms with Crippen molar-refractivity contribution >= 4 is 11.6 Å². The first-order valence-corrected chi connectivity index (χ1v) is 7.55. The van der Waals surface area contributed by atoms with Gasteiger partial charge in [0.05, 0.1) is 18.8 Å². The van der Waals surface area contributed by atoms with Crippen LogP contribution >= 0.6 is 11.6 Å². The lowest BCUT2D eigenvalue weighted by atomic mass is 10.2. The molecule has 0 aliphatic heterocycles. The van der Waals surface area contributed by atoms with Crippen LogP contribution in [0.25, 0.3) is 0 Å². The molecule has 0 bridgehead atoms. The van der Waals surface area contributed by atoms with Crippen molar-refractivity contribution in [1.82, 2.24) is 5.32 Å². The van der Waals surface area contributed by atoms with Crippen LogP contribution in [0.2, 0.25) is 5.02 Å². The summed E-state index contributed by atoms with van der Waals surface area (Å²) < 4.78 is 16.4. The topological polar surface area (TPSA) is 39.7 Å². The highest BCUT2D eigenvalue weighted by molar-refractivity contribution is 6.31. The van der Waals surface area contributed by atoms with Gasteiger partial charge in [0, 0.05) is 30.8 Å². The minimum Gasteiger partial charge on any atom is -0.491 e. The molecule has 120 valence electrons. The Morgan fingerprint density at radius 1 is 1.14 bits per heavy atom. The second kappa shape index (κ2) is 9.26. The predicted molar refractivity (Wildman–Crippen MR) is 86.2 cm³/mol. The van der Waals surface area contributed by atoms with Gasteiger partial charge in [-0.25, -0.2) is 0 Å². The lowest BCUT2D eigenvalue weighted by Gasteiger charge is -2.20. The molecule has 4 nitrogen and oxygen atoms in total. The van der Waals surface area contributed by atoms with Crippen molar-refractivity contribution in [3.05, 3.63) is 28.8 Å². The Hall–Kier alpha value is -0.810. The number of hydrogen-bond donors (Lipinski definition) is 1. The average Bonchev–Trinajstić information content (AvgIpc) is 2.41. The van der Waals surface area contributed by atoms with Crippen molar-refractivity contribution in [2.45, 2.75) is 32.9 Å². The number of rotatable bonds is 9. The molecule has 0 atom stereocenters. The van der Waals surface area contributed by atoms with Gasteiger partial charge >= 0.3 is 0 Å². The second-order valence-corrected chi connectivity index (χ2v) is 6.10. The molecule has 1 rings (SSSR count). The molecule has 0 radical (unpaired) electrons. The van der Waals surface area contributed by atoms with E-state index in [1.807, 2.05) is 39.0 Å². The zero-order chi connectivity index (χ0) is 15.7. The molecule has 0 amide bonds. The Labute approximate surface area is 132 Å². The summed E-state index contributed by atoms with van der Waals surface area (Å²) in [6.45, 7) is 9.22. The van der Waals surface area contributed by atoms with E-state index in [0.29, 0.717) is 31.4 Å². The summed E-state index contributed by atoms with van der Waals surface area (Å²) >= 11 is 6.25. The van der Waals surface area contributed by atoms with E-state index >= 15 is 0 Å². The monoisotopic (exact) mass is 315 g/mol. The van der Waals surface area contributed by atoms with Crippen molar-refractivity contribution in [2.24, 2.45) is 0 Å². The average molecular weight is 316 g/mol. The third-order valence-corrected chi connectivity index (χ3v) is 3.09. The Morgan fingerprint density at radius 3 is 2.57 bits per heavy atom. The Bertz CT molecular complexity index is 418. The fourth-order valence-electron chi connectivity index (χ4n) is 1.73. The lowest BCUT2D eigenvalue weighted by molar-refractivity contribution is -0.0164. The normalized spacial score (nSPS) is 11.7. The third kappa shape index (κ3) is 7.67. The van der Waals surface area contributed by atoms with E-state index in [2.05, 4.69) is 5.32 Å². The number of halogens is 1. The van der Waals surface area contributed by atoms with Crippen LogP contribution in [0, 0.1) is 0 Å². The van der Waals surface area contributed by atoms with Crippen molar-refractivity contribution < 1.29 is 14.2 Å². The molecule has 5 heteroatoms. The highest BCUT2D eigenvalue weighted by atomic mass is 35.5. The number of ether oxygens (including phenoxy) is 3. The first kappa shape index (κ1) is 18.2. The maximum atomic E-state index is 6.25. The van der Waals surface area contributed by atoms with Crippen molar-refractivity contribution in [3.8, 4) is 5.75 Å². The van der Waals surface area contributed by atoms with Crippen LogP contribution in [0.1, 0.15) is 26.3 Å². The molecule has 1 N–H and O–H groups in total. The maximum Gasteiger partial charge on any atom is 0.125 e. The largest absolute Gasteiger partial charge is 0.491 e. The SMILES string of the molecule is COCCNCc1c(Cl)cccc1OCCOC(C)(C)C. The summed E-state index contributed by atoms with van der Waals surface area (Å²) in [4.78, 5) is 0. The zero-order valence-electron chi connectivity index (χ0n) is 13.4. The molecular weight excluding hydrogens is 290 g/mol. The fraction of sp³-hybridized carbons (Fsp3) is 0.625. The van der Waals surface area contributed by atoms with E-state index in [1.165, 1.54) is 0 Å². The molecule has 0 unspecified atom stereocenters. The van der Waals surface area contributed by atoms with Crippen LogP contribution in [0.15, 0.2) is 18.2 Å². The highest BCUT2D eigenvalue weighted by Crippen LogP contribution is 2.26. The Kier molecular flexibility index (Phi) is 8.04. The molecule has 1 aromatic carbocycles. The van der Waals surface area contributed by atoms with Crippen LogP contribution in [0.5, 0.6) is 5.75 Å². The molecule has 0 saturated carbocycles. The summed E-state index contributed by atoms with van der Waals surface area (Å²) in [5, 5.41) is 3.98. The van der Waals surface area contributed by atoms with Crippen LogP contribution in [0.3, 0.4) is 0 Å². The minimum absolute atomic E-state index is 0.151. The lowest BCUT2D eigenvalue weighted by Crippen LogP contribution is -2.23. The van der Waals surface area contributed by atoms with E-state index in [1.54, 1.807) is 7.11 Å². The summed E-state index contributed by atoms with van der Waals surface area (Å²) in [6, 6.07) is 5.69. The highest BCUT2D eigenvalue weighted by Gasteiger charge is 2.11. The van der Waals surface area contributed by atoms with Gasteiger partial charge in [-0.05, 0) is 32.9 Å². The smallest absolute Gasteiger partial charge is 0.125 e. The molecule has 0 heterocycles. The van der Waals surface area contributed by atoms with E-state index in [9.17, 15) is 0 Å². The quantitative estimate of drug-likeness (QED) is 0.710. The molecule has 0 aliphatic carbocycles. The van der Waals surface area contributed by atoms with Crippen LogP contribution in [-0.4, -0.2) is 39.1 Å². The van der Waals surface area contributed by atoms with Gasteiger partial charge in [0.1, 0.15) is 12.4 Å². The molecule has 21 heavy (non-hydrogen) atoms. The minimum atomic E-state index is -0.151. The molecule has 0 aliphatic rings. The number of methoxy groups -OCH3 is 1. The Balaban J connectivity index is 2.50. The molecule has 1 aromatic rings. The molecule has 0 aromatic heterocycles. The van der Waals surface area contributed by atoms with Crippen molar-refractivity contribution in [3.63, 3.8) is 0 Å². The van der Waals surface area contributed by atoms with Gasteiger partial charge in [-0.3, -0.25) is 0 Å². The van der Waals surface area contributed by atoms with Crippen molar-refractivity contribution in [2.75, 3.05) is 33.5 Å². The Morgan fingerprint density at radius 2 is 1.90 bits per heavy atom.